The molecular weight excluding hydrogens is 324 g/mol. The number of aromatic nitrogens is 4. The first-order chi connectivity index (χ1) is 11.7. The zero-order chi connectivity index (χ0) is 16.5. The monoisotopic (exact) mass is 336 g/mol. The van der Waals surface area contributed by atoms with Crippen molar-refractivity contribution in [2.24, 2.45) is 0 Å². The molecule has 24 heavy (non-hydrogen) atoms. The van der Waals surface area contributed by atoms with Crippen molar-refractivity contribution >= 4 is 11.3 Å². The lowest BCUT2D eigenvalue weighted by Gasteiger charge is -1.94. The molecule has 4 aromatic rings. The molecule has 0 saturated carbocycles. The van der Waals surface area contributed by atoms with Crippen LogP contribution < -0.4 is 0 Å². The Balaban J connectivity index is 1.70. The number of phenolic OH excluding ortho intramolecular Hbond substituents is 1. The summed E-state index contributed by atoms with van der Waals surface area (Å²) in [7, 11) is 0. The quantitative estimate of drug-likeness (QED) is 0.610. The molecule has 4 rings (SSSR count). The van der Waals surface area contributed by atoms with Crippen molar-refractivity contribution in [1.29, 1.82) is 0 Å². The predicted molar refractivity (Wildman–Crippen MR) is 90.5 cm³/mol. The maximum Gasteiger partial charge on any atom is 0.260 e. The molecule has 0 amide bonds. The van der Waals surface area contributed by atoms with E-state index in [2.05, 4.69) is 20.2 Å². The number of rotatable bonds is 3. The second-order valence-corrected chi connectivity index (χ2v) is 6.13. The normalized spacial score (nSPS) is 10.9. The topological polar surface area (TPSA) is 84.9 Å². The summed E-state index contributed by atoms with van der Waals surface area (Å²) in [5.74, 6) is 1.03. The first-order valence-corrected chi connectivity index (χ1v) is 8.03. The third-order valence-corrected chi connectivity index (χ3v) is 4.63. The molecule has 3 aromatic heterocycles. The predicted octanol–water partition coefficient (Wildman–Crippen LogP) is 3.94. The SMILES string of the molecule is Cc1nc(-c2cccnc2)sc1-c1nnc(-c2ccc(O)cc2)o1. The minimum absolute atomic E-state index is 0.193. The van der Waals surface area contributed by atoms with Gasteiger partial charge < -0.3 is 9.52 Å². The van der Waals surface area contributed by atoms with Gasteiger partial charge in [0.05, 0.1) is 5.69 Å². The van der Waals surface area contributed by atoms with Gasteiger partial charge in [0.2, 0.25) is 5.89 Å². The van der Waals surface area contributed by atoms with Crippen LogP contribution in [0.1, 0.15) is 5.69 Å². The lowest BCUT2D eigenvalue weighted by Crippen LogP contribution is -1.79. The average Bonchev–Trinajstić information content (AvgIpc) is 3.23. The number of aromatic hydroxyl groups is 1. The third kappa shape index (κ3) is 2.65. The van der Waals surface area contributed by atoms with E-state index in [4.69, 9.17) is 4.42 Å². The lowest BCUT2D eigenvalue weighted by atomic mass is 10.2. The van der Waals surface area contributed by atoms with Gasteiger partial charge in [0, 0.05) is 23.5 Å². The van der Waals surface area contributed by atoms with Crippen molar-refractivity contribution in [1.82, 2.24) is 20.2 Å². The summed E-state index contributed by atoms with van der Waals surface area (Å²) in [6.45, 7) is 1.91. The first kappa shape index (κ1) is 14.5. The van der Waals surface area contributed by atoms with Crippen LogP contribution in [0.2, 0.25) is 0 Å². The van der Waals surface area contributed by atoms with Gasteiger partial charge in [-0.1, -0.05) is 0 Å². The van der Waals surface area contributed by atoms with Crippen molar-refractivity contribution in [3.8, 4) is 38.5 Å². The summed E-state index contributed by atoms with van der Waals surface area (Å²) in [5, 5.41) is 18.4. The second-order valence-electron chi connectivity index (χ2n) is 5.13. The number of hydrogen-bond acceptors (Lipinski definition) is 7. The molecule has 0 spiro atoms. The van der Waals surface area contributed by atoms with Crippen molar-refractivity contribution in [3.63, 3.8) is 0 Å². The van der Waals surface area contributed by atoms with E-state index >= 15 is 0 Å². The number of thiazole rings is 1. The molecule has 3 heterocycles. The molecule has 0 aliphatic carbocycles. The highest BCUT2D eigenvalue weighted by atomic mass is 32.1. The van der Waals surface area contributed by atoms with Crippen molar-refractivity contribution in [2.45, 2.75) is 6.92 Å². The van der Waals surface area contributed by atoms with Gasteiger partial charge in [0.1, 0.15) is 15.6 Å². The molecule has 0 radical (unpaired) electrons. The molecule has 0 fully saturated rings. The first-order valence-electron chi connectivity index (χ1n) is 7.22. The molecule has 0 unspecified atom stereocenters. The number of benzene rings is 1. The molecule has 0 aliphatic rings. The fraction of sp³-hybridized carbons (Fsp3) is 0.0588. The second kappa shape index (κ2) is 5.86. The van der Waals surface area contributed by atoms with Gasteiger partial charge in [-0.05, 0) is 43.3 Å². The molecule has 0 saturated heterocycles. The molecule has 0 bridgehead atoms. The highest BCUT2D eigenvalue weighted by Crippen LogP contribution is 2.35. The van der Waals surface area contributed by atoms with Crippen LogP contribution in [-0.2, 0) is 0 Å². The van der Waals surface area contributed by atoms with E-state index in [1.54, 1.807) is 36.7 Å². The van der Waals surface area contributed by atoms with Crippen LogP contribution in [-0.4, -0.2) is 25.3 Å². The average molecular weight is 336 g/mol. The largest absolute Gasteiger partial charge is 0.508 e. The van der Waals surface area contributed by atoms with Gasteiger partial charge in [-0.3, -0.25) is 4.98 Å². The zero-order valence-corrected chi connectivity index (χ0v) is 13.5. The van der Waals surface area contributed by atoms with Gasteiger partial charge >= 0.3 is 0 Å². The fourth-order valence-electron chi connectivity index (χ4n) is 2.24. The Morgan fingerprint density at radius 2 is 1.79 bits per heavy atom. The molecule has 1 N–H and O–H groups in total. The summed E-state index contributed by atoms with van der Waals surface area (Å²) in [6.07, 6.45) is 3.50. The summed E-state index contributed by atoms with van der Waals surface area (Å²) < 4.78 is 5.78. The summed E-state index contributed by atoms with van der Waals surface area (Å²) in [6, 6.07) is 10.5. The Labute approximate surface area is 141 Å². The smallest absolute Gasteiger partial charge is 0.260 e. The Hall–Kier alpha value is -3.06. The molecule has 0 aliphatic heterocycles. The van der Waals surface area contributed by atoms with E-state index in [1.807, 2.05) is 19.1 Å². The molecule has 1 aromatic carbocycles. The van der Waals surface area contributed by atoms with E-state index < -0.39 is 0 Å². The van der Waals surface area contributed by atoms with Gasteiger partial charge in [0.15, 0.2) is 0 Å². The Bertz CT molecular complexity index is 978. The van der Waals surface area contributed by atoms with Crippen LogP contribution in [0.5, 0.6) is 5.75 Å². The van der Waals surface area contributed by atoms with Crippen molar-refractivity contribution in [3.05, 3.63) is 54.5 Å². The Kier molecular flexibility index (Phi) is 3.55. The molecule has 118 valence electrons. The maximum absolute atomic E-state index is 9.36. The van der Waals surface area contributed by atoms with Crippen LogP contribution in [0.15, 0.2) is 53.2 Å². The number of nitrogens with zero attached hydrogens (tertiary/aromatic N) is 4. The van der Waals surface area contributed by atoms with Crippen LogP contribution >= 0.6 is 11.3 Å². The van der Waals surface area contributed by atoms with E-state index in [-0.39, 0.29) is 5.75 Å². The van der Waals surface area contributed by atoms with Gasteiger partial charge in [-0.15, -0.1) is 21.5 Å². The minimum atomic E-state index is 0.193. The standard InChI is InChI=1S/C17H12N4O2S/c1-10-14(24-17(19-10)12-3-2-8-18-9-12)16-21-20-15(23-16)11-4-6-13(22)7-5-11/h2-9,22H,1H3. The fourth-order valence-corrected chi connectivity index (χ4v) is 3.22. The van der Waals surface area contributed by atoms with Gasteiger partial charge in [-0.25, -0.2) is 4.98 Å². The van der Waals surface area contributed by atoms with E-state index in [0.717, 1.165) is 26.7 Å². The van der Waals surface area contributed by atoms with Gasteiger partial charge in [-0.2, -0.15) is 0 Å². The van der Waals surface area contributed by atoms with Crippen LogP contribution in [0.3, 0.4) is 0 Å². The zero-order valence-electron chi connectivity index (χ0n) is 12.7. The van der Waals surface area contributed by atoms with Crippen LogP contribution in [0.4, 0.5) is 0 Å². The molecule has 0 atom stereocenters. The van der Waals surface area contributed by atoms with E-state index in [9.17, 15) is 5.11 Å². The number of pyridine rings is 1. The van der Waals surface area contributed by atoms with E-state index in [0.29, 0.717) is 11.8 Å². The number of phenols is 1. The highest BCUT2D eigenvalue weighted by Gasteiger charge is 2.17. The molecular formula is C17H12N4O2S. The molecule has 6 nitrogen and oxygen atoms in total. The van der Waals surface area contributed by atoms with Crippen molar-refractivity contribution < 1.29 is 9.52 Å². The minimum Gasteiger partial charge on any atom is -0.508 e. The Morgan fingerprint density at radius 3 is 2.54 bits per heavy atom. The number of aryl methyl sites for hydroxylation is 1. The highest BCUT2D eigenvalue weighted by molar-refractivity contribution is 7.18. The van der Waals surface area contributed by atoms with Crippen LogP contribution in [0, 0.1) is 6.92 Å². The van der Waals surface area contributed by atoms with Gasteiger partial charge in [0.25, 0.3) is 5.89 Å². The number of hydrogen-bond donors (Lipinski definition) is 1. The van der Waals surface area contributed by atoms with Crippen molar-refractivity contribution in [2.75, 3.05) is 0 Å². The maximum atomic E-state index is 9.36. The van der Waals surface area contributed by atoms with E-state index in [1.165, 1.54) is 11.3 Å². The summed E-state index contributed by atoms with van der Waals surface area (Å²) in [5.41, 5.74) is 2.54. The lowest BCUT2D eigenvalue weighted by molar-refractivity contribution is 0.475. The third-order valence-electron chi connectivity index (χ3n) is 3.44. The summed E-state index contributed by atoms with van der Waals surface area (Å²) >= 11 is 1.49. The summed E-state index contributed by atoms with van der Waals surface area (Å²) in [4.78, 5) is 9.53. The molecule has 7 heteroatoms. The Morgan fingerprint density at radius 1 is 1.00 bits per heavy atom. The van der Waals surface area contributed by atoms with Crippen LogP contribution in [0.25, 0.3) is 32.8 Å².